The summed E-state index contributed by atoms with van der Waals surface area (Å²) in [6.07, 6.45) is 4.67. The van der Waals surface area contributed by atoms with E-state index in [1.165, 1.54) is 0 Å². The smallest absolute Gasteiger partial charge is 0.127 e. The van der Waals surface area contributed by atoms with Crippen molar-refractivity contribution in [2.24, 2.45) is 5.41 Å². The second-order valence-corrected chi connectivity index (χ2v) is 5.03. The maximum absolute atomic E-state index is 11.1. The Morgan fingerprint density at radius 3 is 2.53 bits per heavy atom. The third-order valence-corrected chi connectivity index (χ3v) is 3.25. The van der Waals surface area contributed by atoms with E-state index in [4.69, 9.17) is 0 Å². The number of likely N-dealkylation sites (tertiary alicyclic amines) is 1. The fraction of sp³-hybridized carbons (Fsp3) is 0.917. The molecule has 3 heteroatoms. The molecular weight excluding hydrogens is 190 g/mol. The molecule has 0 amide bonds. The van der Waals surface area contributed by atoms with Crippen molar-refractivity contribution in [2.45, 2.75) is 45.6 Å². The van der Waals surface area contributed by atoms with E-state index < -0.39 is 0 Å². The first-order valence-electron chi connectivity index (χ1n) is 5.96. The predicted molar refractivity (Wildman–Crippen MR) is 60.8 cm³/mol. The highest BCUT2D eigenvalue weighted by molar-refractivity contribution is 5.59. The minimum absolute atomic E-state index is 0.130. The lowest BCUT2D eigenvalue weighted by molar-refractivity contribution is -0.117. The van der Waals surface area contributed by atoms with E-state index in [1.54, 1.807) is 0 Å². The Bertz CT molecular complexity index is 200. The number of piperidine rings is 1. The lowest BCUT2D eigenvalue weighted by atomic mass is 9.86. The highest BCUT2D eigenvalue weighted by atomic mass is 16.3. The van der Waals surface area contributed by atoms with Crippen LogP contribution in [0.2, 0.25) is 0 Å². The molecule has 0 bridgehead atoms. The van der Waals surface area contributed by atoms with Crippen molar-refractivity contribution in [1.29, 1.82) is 0 Å². The number of aliphatic hydroxyl groups is 1. The maximum atomic E-state index is 11.1. The van der Waals surface area contributed by atoms with Gasteiger partial charge >= 0.3 is 0 Å². The van der Waals surface area contributed by atoms with Crippen LogP contribution in [0.5, 0.6) is 0 Å². The van der Waals surface area contributed by atoms with Crippen LogP contribution in [0.25, 0.3) is 0 Å². The van der Waals surface area contributed by atoms with Gasteiger partial charge in [0.05, 0.1) is 6.10 Å². The van der Waals surface area contributed by atoms with Gasteiger partial charge in [0.15, 0.2) is 0 Å². The van der Waals surface area contributed by atoms with Gasteiger partial charge in [0.2, 0.25) is 0 Å². The van der Waals surface area contributed by atoms with Gasteiger partial charge < -0.3 is 14.8 Å². The van der Waals surface area contributed by atoms with Crippen molar-refractivity contribution in [2.75, 3.05) is 19.6 Å². The summed E-state index contributed by atoms with van der Waals surface area (Å²) in [5, 5.41) is 9.39. The molecule has 1 rings (SSSR count). The quantitative estimate of drug-likeness (QED) is 0.703. The van der Waals surface area contributed by atoms with Crippen molar-refractivity contribution in [1.82, 2.24) is 4.90 Å². The minimum Gasteiger partial charge on any atom is -0.393 e. The molecule has 0 radical (unpaired) electrons. The number of hydrogen-bond acceptors (Lipinski definition) is 3. The van der Waals surface area contributed by atoms with Crippen LogP contribution in [0.3, 0.4) is 0 Å². The number of nitrogens with zero attached hydrogens (tertiary/aromatic N) is 1. The Morgan fingerprint density at radius 2 is 2.07 bits per heavy atom. The Labute approximate surface area is 92.5 Å². The van der Waals surface area contributed by atoms with E-state index in [0.29, 0.717) is 0 Å². The average Bonchev–Trinajstić information content (AvgIpc) is 2.22. The summed E-state index contributed by atoms with van der Waals surface area (Å²) in [6.45, 7) is 6.84. The Morgan fingerprint density at radius 1 is 1.47 bits per heavy atom. The second kappa shape index (κ2) is 5.61. The summed E-state index contributed by atoms with van der Waals surface area (Å²) in [5.74, 6) is 0. The monoisotopic (exact) mass is 213 g/mol. The highest BCUT2D eigenvalue weighted by Crippen LogP contribution is 2.23. The molecule has 88 valence electrons. The Kier molecular flexibility index (Phi) is 4.74. The van der Waals surface area contributed by atoms with Gasteiger partial charge in [-0.1, -0.05) is 20.3 Å². The molecule has 1 saturated heterocycles. The molecule has 1 heterocycles. The zero-order valence-corrected chi connectivity index (χ0v) is 9.91. The molecule has 0 aromatic rings. The van der Waals surface area contributed by atoms with E-state index >= 15 is 0 Å². The molecule has 3 nitrogen and oxygen atoms in total. The number of carbonyl (C=O) groups excluding carboxylic acids is 1. The molecule has 1 aliphatic rings. The lowest BCUT2D eigenvalue weighted by Gasteiger charge is -2.35. The van der Waals surface area contributed by atoms with Gasteiger partial charge in [0, 0.05) is 25.0 Å². The van der Waals surface area contributed by atoms with Crippen LogP contribution in [0.4, 0.5) is 0 Å². The topological polar surface area (TPSA) is 40.5 Å². The summed E-state index contributed by atoms with van der Waals surface area (Å²) >= 11 is 0. The number of carbonyl (C=O) groups is 1. The van der Waals surface area contributed by atoms with E-state index in [2.05, 4.69) is 11.8 Å². The van der Waals surface area contributed by atoms with Gasteiger partial charge in [-0.15, -0.1) is 0 Å². The molecule has 1 atom stereocenters. The first kappa shape index (κ1) is 12.7. The van der Waals surface area contributed by atoms with Crippen molar-refractivity contribution >= 4 is 6.29 Å². The summed E-state index contributed by atoms with van der Waals surface area (Å²) in [7, 11) is 0. The van der Waals surface area contributed by atoms with E-state index in [9.17, 15) is 9.90 Å². The summed E-state index contributed by atoms with van der Waals surface area (Å²) in [6, 6.07) is 0. The van der Waals surface area contributed by atoms with Crippen LogP contribution in [0.15, 0.2) is 0 Å². The molecule has 0 saturated carbocycles. The molecule has 15 heavy (non-hydrogen) atoms. The highest BCUT2D eigenvalue weighted by Gasteiger charge is 2.27. The molecule has 0 spiro atoms. The normalized spacial score (nSPS) is 23.7. The SMILES string of the molecule is CCCC(C)(C=O)CN1CCC(O)CC1. The Hall–Kier alpha value is -0.410. The number of hydrogen-bond donors (Lipinski definition) is 1. The van der Waals surface area contributed by atoms with Crippen LogP contribution in [0.1, 0.15) is 39.5 Å². The molecule has 1 fully saturated rings. The van der Waals surface area contributed by atoms with Gasteiger partial charge in [-0.05, 0) is 19.3 Å². The fourth-order valence-corrected chi connectivity index (χ4v) is 2.33. The number of rotatable bonds is 5. The molecule has 1 unspecified atom stereocenters. The summed E-state index contributed by atoms with van der Waals surface area (Å²) in [4.78, 5) is 13.4. The Balaban J connectivity index is 2.41. The minimum atomic E-state index is -0.197. The van der Waals surface area contributed by atoms with Crippen molar-refractivity contribution < 1.29 is 9.90 Å². The molecule has 0 aromatic heterocycles. The van der Waals surface area contributed by atoms with Gasteiger partial charge in [-0.25, -0.2) is 0 Å². The van der Waals surface area contributed by atoms with Gasteiger partial charge in [-0.3, -0.25) is 0 Å². The van der Waals surface area contributed by atoms with Crippen LogP contribution in [-0.2, 0) is 4.79 Å². The molecule has 0 aromatic carbocycles. The van der Waals surface area contributed by atoms with Crippen molar-refractivity contribution in [3.8, 4) is 0 Å². The maximum Gasteiger partial charge on any atom is 0.127 e. The standard InChI is InChI=1S/C12H23NO2/c1-3-6-12(2,10-14)9-13-7-4-11(15)5-8-13/h10-11,15H,3-9H2,1-2H3. The lowest BCUT2D eigenvalue weighted by Crippen LogP contribution is -2.42. The second-order valence-electron chi connectivity index (χ2n) is 5.03. The number of aldehydes is 1. The molecule has 0 aliphatic carbocycles. The zero-order valence-electron chi connectivity index (χ0n) is 9.91. The molecular formula is C12H23NO2. The van der Waals surface area contributed by atoms with Gasteiger partial charge in [-0.2, -0.15) is 0 Å². The van der Waals surface area contributed by atoms with E-state index in [1.807, 2.05) is 6.92 Å². The predicted octanol–water partition coefficient (Wildman–Crippen LogP) is 1.45. The van der Waals surface area contributed by atoms with Crippen LogP contribution >= 0.6 is 0 Å². The van der Waals surface area contributed by atoms with Crippen LogP contribution in [0, 0.1) is 5.41 Å². The number of aliphatic hydroxyl groups excluding tert-OH is 1. The third-order valence-electron chi connectivity index (χ3n) is 3.25. The molecule has 1 aliphatic heterocycles. The van der Waals surface area contributed by atoms with E-state index in [0.717, 1.165) is 51.6 Å². The average molecular weight is 213 g/mol. The first-order valence-corrected chi connectivity index (χ1v) is 5.96. The summed E-state index contributed by atoms with van der Waals surface area (Å²) < 4.78 is 0. The van der Waals surface area contributed by atoms with Gasteiger partial charge in [0.1, 0.15) is 6.29 Å². The molecule has 1 N–H and O–H groups in total. The largest absolute Gasteiger partial charge is 0.393 e. The zero-order chi connectivity index (χ0) is 11.3. The first-order chi connectivity index (χ1) is 7.09. The van der Waals surface area contributed by atoms with Crippen molar-refractivity contribution in [3.05, 3.63) is 0 Å². The summed E-state index contributed by atoms with van der Waals surface area (Å²) in [5.41, 5.74) is -0.197. The van der Waals surface area contributed by atoms with E-state index in [-0.39, 0.29) is 11.5 Å². The van der Waals surface area contributed by atoms with Crippen molar-refractivity contribution in [3.63, 3.8) is 0 Å². The fourth-order valence-electron chi connectivity index (χ4n) is 2.33. The van der Waals surface area contributed by atoms with Crippen LogP contribution < -0.4 is 0 Å². The van der Waals surface area contributed by atoms with Gasteiger partial charge in [0.25, 0.3) is 0 Å². The van der Waals surface area contributed by atoms with Crippen LogP contribution in [-0.4, -0.2) is 42.0 Å². The third kappa shape index (κ3) is 3.92.